The third kappa shape index (κ3) is 2.14. The molecule has 0 aromatic carbocycles. The van der Waals surface area contributed by atoms with E-state index in [1.54, 1.807) is 6.92 Å². The van der Waals surface area contributed by atoms with Gasteiger partial charge < -0.3 is 5.73 Å². The molecule has 3 nitrogen and oxygen atoms in total. The van der Waals surface area contributed by atoms with Crippen LogP contribution >= 0.6 is 0 Å². The van der Waals surface area contributed by atoms with Gasteiger partial charge in [0.2, 0.25) is 0 Å². The molecule has 94 valence electrons. The maximum atomic E-state index is 12.1. The average molecular weight is 245 g/mol. The number of rotatable bonds is 3. The van der Waals surface area contributed by atoms with Gasteiger partial charge in [-0.15, -0.1) is 0 Å². The molecule has 2 fully saturated rings. The van der Waals surface area contributed by atoms with Crippen LogP contribution in [0, 0.1) is 17.8 Å². The van der Waals surface area contributed by atoms with E-state index in [2.05, 4.69) is 0 Å². The monoisotopic (exact) mass is 245 g/mol. The Labute approximate surface area is 98.7 Å². The van der Waals surface area contributed by atoms with Gasteiger partial charge in [0.1, 0.15) is 0 Å². The van der Waals surface area contributed by atoms with Crippen LogP contribution in [0.25, 0.3) is 0 Å². The van der Waals surface area contributed by atoms with Crippen molar-refractivity contribution in [2.45, 2.75) is 44.3 Å². The van der Waals surface area contributed by atoms with E-state index in [0.717, 1.165) is 32.2 Å². The summed E-state index contributed by atoms with van der Waals surface area (Å²) in [6, 6.07) is 0. The molecular formula is C12H23NO2S. The van der Waals surface area contributed by atoms with E-state index >= 15 is 0 Å². The second kappa shape index (κ2) is 4.65. The van der Waals surface area contributed by atoms with Crippen molar-refractivity contribution in [3.63, 3.8) is 0 Å². The van der Waals surface area contributed by atoms with Crippen LogP contribution in [0.5, 0.6) is 0 Å². The number of nitrogens with two attached hydrogens (primary N) is 1. The summed E-state index contributed by atoms with van der Waals surface area (Å²) in [5.41, 5.74) is 5.74. The zero-order valence-electron chi connectivity index (χ0n) is 10.1. The minimum absolute atomic E-state index is 0.0472. The smallest absolute Gasteiger partial charge is 0.153 e. The Kier molecular flexibility index (Phi) is 3.59. The van der Waals surface area contributed by atoms with Crippen molar-refractivity contribution < 1.29 is 8.42 Å². The first kappa shape index (κ1) is 12.4. The topological polar surface area (TPSA) is 60.2 Å². The molecule has 2 N–H and O–H groups in total. The quantitative estimate of drug-likeness (QED) is 0.821. The van der Waals surface area contributed by atoms with Crippen LogP contribution in [0.3, 0.4) is 0 Å². The van der Waals surface area contributed by atoms with Gasteiger partial charge in [-0.3, -0.25) is 0 Å². The van der Waals surface area contributed by atoms with Crippen molar-refractivity contribution in [3.05, 3.63) is 0 Å². The van der Waals surface area contributed by atoms with E-state index in [-0.39, 0.29) is 5.25 Å². The van der Waals surface area contributed by atoms with Gasteiger partial charge in [0.15, 0.2) is 9.84 Å². The molecule has 0 radical (unpaired) electrons. The van der Waals surface area contributed by atoms with Crippen molar-refractivity contribution in [3.8, 4) is 0 Å². The van der Waals surface area contributed by atoms with E-state index < -0.39 is 9.84 Å². The molecule has 2 bridgehead atoms. The van der Waals surface area contributed by atoms with E-state index in [4.69, 9.17) is 5.73 Å². The zero-order chi connectivity index (χ0) is 11.8. The van der Waals surface area contributed by atoms with Crippen LogP contribution < -0.4 is 5.73 Å². The Morgan fingerprint density at radius 2 is 1.75 bits per heavy atom. The highest BCUT2D eigenvalue weighted by molar-refractivity contribution is 7.92. The molecule has 0 heterocycles. The zero-order valence-corrected chi connectivity index (χ0v) is 10.9. The van der Waals surface area contributed by atoms with Gasteiger partial charge in [0, 0.05) is 5.75 Å². The fourth-order valence-corrected chi connectivity index (χ4v) is 5.84. The SMILES string of the molecule is CCS(=O)(=O)C1C2CCCC1CC(CN)C2. The number of hydrogen-bond donors (Lipinski definition) is 1. The summed E-state index contributed by atoms with van der Waals surface area (Å²) in [6.07, 6.45) is 5.48. The summed E-state index contributed by atoms with van der Waals surface area (Å²) in [7, 11) is -2.85. The molecule has 2 aliphatic carbocycles. The Bertz CT molecular complexity index is 325. The first-order valence-corrected chi connectivity index (χ1v) is 8.21. The number of hydrogen-bond acceptors (Lipinski definition) is 3. The standard InChI is InChI=1S/C12H23NO2S/c1-2-16(14,15)12-10-4-3-5-11(12)7-9(6-10)8-13/h9-12H,2-8,13H2,1H3. The average Bonchev–Trinajstić information content (AvgIpc) is 2.27. The third-order valence-electron chi connectivity index (χ3n) is 4.50. The molecular weight excluding hydrogens is 222 g/mol. The molecule has 2 rings (SSSR count). The van der Waals surface area contributed by atoms with E-state index in [0.29, 0.717) is 23.5 Å². The normalized spacial score (nSPS) is 39.6. The first-order valence-electron chi connectivity index (χ1n) is 6.50. The maximum Gasteiger partial charge on any atom is 0.153 e. The summed E-state index contributed by atoms with van der Waals surface area (Å²) in [5.74, 6) is 1.66. The first-order chi connectivity index (χ1) is 7.58. The fraction of sp³-hybridized carbons (Fsp3) is 1.00. The van der Waals surface area contributed by atoms with Crippen molar-refractivity contribution in [2.24, 2.45) is 23.5 Å². The molecule has 0 aromatic heterocycles. The van der Waals surface area contributed by atoms with Crippen molar-refractivity contribution in [1.29, 1.82) is 0 Å². The Balaban J connectivity index is 2.21. The Morgan fingerprint density at radius 3 is 2.19 bits per heavy atom. The largest absolute Gasteiger partial charge is 0.330 e. The molecule has 2 aliphatic rings. The minimum Gasteiger partial charge on any atom is -0.330 e. The second-order valence-corrected chi connectivity index (χ2v) is 7.89. The van der Waals surface area contributed by atoms with Crippen LogP contribution in [0.1, 0.15) is 39.0 Å². The van der Waals surface area contributed by atoms with Gasteiger partial charge in [0.05, 0.1) is 5.25 Å². The summed E-state index contributed by atoms with van der Waals surface area (Å²) in [4.78, 5) is 0. The lowest BCUT2D eigenvalue weighted by Gasteiger charge is -2.45. The van der Waals surface area contributed by atoms with Crippen LogP contribution in [-0.2, 0) is 9.84 Å². The molecule has 4 heteroatoms. The predicted molar refractivity (Wildman–Crippen MR) is 65.9 cm³/mol. The van der Waals surface area contributed by atoms with Gasteiger partial charge in [-0.25, -0.2) is 8.42 Å². The molecule has 0 spiro atoms. The summed E-state index contributed by atoms with van der Waals surface area (Å²) < 4.78 is 24.3. The Hall–Kier alpha value is -0.0900. The van der Waals surface area contributed by atoms with Crippen LogP contribution in [0.4, 0.5) is 0 Å². The van der Waals surface area contributed by atoms with Crippen molar-refractivity contribution in [2.75, 3.05) is 12.3 Å². The highest BCUT2D eigenvalue weighted by Gasteiger charge is 2.45. The number of sulfone groups is 1. The van der Waals surface area contributed by atoms with Crippen LogP contribution in [0.15, 0.2) is 0 Å². The number of fused-ring (bicyclic) bond motifs is 2. The van der Waals surface area contributed by atoms with Crippen molar-refractivity contribution in [1.82, 2.24) is 0 Å². The summed E-state index contributed by atoms with van der Waals surface area (Å²) in [6.45, 7) is 2.51. The fourth-order valence-electron chi connectivity index (χ4n) is 3.78. The molecule has 0 aromatic rings. The molecule has 0 saturated heterocycles. The summed E-state index contributed by atoms with van der Waals surface area (Å²) in [5, 5.41) is -0.0472. The van der Waals surface area contributed by atoms with Crippen LogP contribution in [-0.4, -0.2) is 26.0 Å². The molecule has 2 unspecified atom stereocenters. The summed E-state index contributed by atoms with van der Waals surface area (Å²) >= 11 is 0. The van der Waals surface area contributed by atoms with E-state index in [1.807, 2.05) is 0 Å². The lowest BCUT2D eigenvalue weighted by molar-refractivity contribution is 0.145. The molecule has 0 amide bonds. The van der Waals surface area contributed by atoms with Gasteiger partial charge in [0.25, 0.3) is 0 Å². The maximum absolute atomic E-state index is 12.1. The van der Waals surface area contributed by atoms with E-state index in [9.17, 15) is 8.42 Å². The molecule has 2 saturated carbocycles. The third-order valence-corrected chi connectivity index (χ3v) is 6.91. The van der Waals surface area contributed by atoms with Crippen LogP contribution in [0.2, 0.25) is 0 Å². The molecule has 0 aliphatic heterocycles. The molecule has 16 heavy (non-hydrogen) atoms. The van der Waals surface area contributed by atoms with E-state index in [1.165, 1.54) is 6.42 Å². The highest BCUT2D eigenvalue weighted by Crippen LogP contribution is 2.45. The highest BCUT2D eigenvalue weighted by atomic mass is 32.2. The van der Waals surface area contributed by atoms with Gasteiger partial charge >= 0.3 is 0 Å². The molecule has 2 atom stereocenters. The van der Waals surface area contributed by atoms with Crippen molar-refractivity contribution >= 4 is 9.84 Å². The lowest BCUT2D eigenvalue weighted by Crippen LogP contribution is -2.47. The van der Waals surface area contributed by atoms with Gasteiger partial charge in [-0.05, 0) is 50.0 Å². The predicted octanol–water partition coefficient (Wildman–Crippen LogP) is 1.57. The second-order valence-electron chi connectivity index (χ2n) is 5.44. The van der Waals surface area contributed by atoms with Gasteiger partial charge in [-0.1, -0.05) is 13.3 Å². The Morgan fingerprint density at radius 1 is 1.19 bits per heavy atom. The lowest BCUT2D eigenvalue weighted by atomic mass is 9.67. The van der Waals surface area contributed by atoms with Gasteiger partial charge in [-0.2, -0.15) is 0 Å². The minimum atomic E-state index is -2.85.